The molecule has 1 heterocycles. The Morgan fingerprint density at radius 2 is 1.79 bits per heavy atom. The molecule has 0 spiro atoms. The van der Waals surface area contributed by atoms with Crippen LogP contribution in [0, 0.1) is 18.3 Å². The number of nitrogens with one attached hydrogen (secondary N) is 2. The summed E-state index contributed by atoms with van der Waals surface area (Å²) in [5.74, 6) is -1.27. The van der Waals surface area contributed by atoms with Crippen LogP contribution in [0.15, 0.2) is 60.9 Å². The zero-order chi connectivity index (χ0) is 24.0. The number of carbonyl (C=O) groups is 2. The summed E-state index contributed by atoms with van der Waals surface area (Å²) in [5.41, 5.74) is 1.44. The molecule has 0 unspecified atom stereocenters. The number of pyridine rings is 1. The largest absolute Gasteiger partial charge is 0.483 e. The molecule has 0 saturated carbocycles. The molecule has 2 amide bonds. The van der Waals surface area contributed by atoms with Gasteiger partial charge in [-0.2, -0.15) is 18.4 Å². The van der Waals surface area contributed by atoms with Crippen LogP contribution in [0.1, 0.15) is 31.8 Å². The molecule has 0 aliphatic carbocycles. The van der Waals surface area contributed by atoms with Crippen molar-refractivity contribution in [2.24, 2.45) is 0 Å². The predicted molar refractivity (Wildman–Crippen MR) is 114 cm³/mol. The molecule has 2 aromatic carbocycles. The Balaban J connectivity index is 1.81. The van der Waals surface area contributed by atoms with E-state index < -0.39 is 24.6 Å². The number of nitrogens with zero attached hydrogens (tertiary/aromatic N) is 2. The number of anilines is 2. The Morgan fingerprint density at radius 3 is 2.45 bits per heavy atom. The lowest BCUT2D eigenvalue weighted by atomic mass is 10.1. The second-order valence-electron chi connectivity index (χ2n) is 6.87. The Labute approximate surface area is 186 Å². The van der Waals surface area contributed by atoms with Crippen molar-refractivity contribution in [2.75, 3.05) is 17.2 Å². The van der Waals surface area contributed by atoms with Crippen LogP contribution in [0.5, 0.6) is 5.75 Å². The highest BCUT2D eigenvalue weighted by Gasteiger charge is 2.29. The van der Waals surface area contributed by atoms with Gasteiger partial charge in [0.25, 0.3) is 11.8 Å². The van der Waals surface area contributed by atoms with Crippen LogP contribution >= 0.6 is 0 Å². The highest BCUT2D eigenvalue weighted by atomic mass is 19.4. The first-order valence-corrected chi connectivity index (χ1v) is 9.54. The molecule has 10 heteroatoms. The van der Waals surface area contributed by atoms with Crippen LogP contribution in [0.3, 0.4) is 0 Å². The van der Waals surface area contributed by atoms with E-state index in [2.05, 4.69) is 20.4 Å². The summed E-state index contributed by atoms with van der Waals surface area (Å²) >= 11 is 0. The van der Waals surface area contributed by atoms with Gasteiger partial charge in [-0.15, -0.1) is 0 Å². The van der Waals surface area contributed by atoms with Crippen LogP contribution < -0.4 is 15.4 Å². The minimum absolute atomic E-state index is 0.160. The molecule has 0 atom stereocenters. The Kier molecular flexibility index (Phi) is 6.93. The normalized spacial score (nSPS) is 10.8. The molecule has 7 nitrogen and oxygen atoms in total. The topological polar surface area (TPSA) is 104 Å². The molecule has 168 valence electrons. The minimum Gasteiger partial charge on any atom is -0.483 e. The van der Waals surface area contributed by atoms with Crippen molar-refractivity contribution in [3.05, 3.63) is 83.2 Å². The Bertz CT molecular complexity index is 1220. The van der Waals surface area contributed by atoms with Crippen molar-refractivity contribution in [1.82, 2.24) is 4.98 Å². The third kappa shape index (κ3) is 6.07. The van der Waals surface area contributed by atoms with E-state index in [1.54, 1.807) is 25.1 Å². The zero-order valence-corrected chi connectivity index (χ0v) is 17.2. The molecule has 1 aromatic heterocycles. The van der Waals surface area contributed by atoms with E-state index in [9.17, 15) is 28.0 Å². The van der Waals surface area contributed by atoms with Gasteiger partial charge in [-0.3, -0.25) is 14.6 Å². The number of hydrogen-bond donors (Lipinski definition) is 2. The van der Waals surface area contributed by atoms with E-state index in [1.807, 2.05) is 0 Å². The number of rotatable bonds is 6. The Hall–Kier alpha value is -4.39. The van der Waals surface area contributed by atoms with Crippen molar-refractivity contribution >= 4 is 23.2 Å². The van der Waals surface area contributed by atoms with Crippen LogP contribution in [-0.2, 0) is 0 Å². The molecular formula is C23H17F3N4O3. The lowest BCUT2D eigenvalue weighted by Gasteiger charge is -2.15. The van der Waals surface area contributed by atoms with Gasteiger partial charge in [0.15, 0.2) is 6.61 Å². The molecule has 0 bridgehead atoms. The van der Waals surface area contributed by atoms with E-state index in [0.717, 1.165) is 0 Å². The fourth-order valence-corrected chi connectivity index (χ4v) is 2.89. The van der Waals surface area contributed by atoms with E-state index in [1.165, 1.54) is 48.8 Å². The van der Waals surface area contributed by atoms with E-state index in [-0.39, 0.29) is 22.6 Å². The van der Waals surface area contributed by atoms with Crippen LogP contribution in [0.4, 0.5) is 24.5 Å². The van der Waals surface area contributed by atoms with Crippen molar-refractivity contribution in [3.63, 3.8) is 0 Å². The summed E-state index contributed by atoms with van der Waals surface area (Å²) in [5, 5.41) is 14.5. The summed E-state index contributed by atoms with van der Waals surface area (Å²) in [6.45, 7) is 0.177. The molecule has 2 N–H and O–H groups in total. The Morgan fingerprint density at radius 1 is 1.06 bits per heavy atom. The van der Waals surface area contributed by atoms with Gasteiger partial charge in [0.05, 0.1) is 16.8 Å². The number of ether oxygens (including phenoxy) is 1. The number of halogens is 3. The molecule has 3 rings (SSSR count). The van der Waals surface area contributed by atoms with Gasteiger partial charge in [0.2, 0.25) is 0 Å². The number of para-hydroxylation sites is 1. The number of alkyl halides is 3. The highest BCUT2D eigenvalue weighted by molar-refractivity contribution is 6.13. The van der Waals surface area contributed by atoms with Gasteiger partial charge < -0.3 is 15.4 Å². The number of benzene rings is 2. The predicted octanol–water partition coefficient (Wildman–Crippen LogP) is 4.71. The first-order chi connectivity index (χ1) is 15.7. The minimum atomic E-state index is -4.55. The van der Waals surface area contributed by atoms with Crippen molar-refractivity contribution < 1.29 is 27.5 Å². The summed E-state index contributed by atoms with van der Waals surface area (Å²) in [4.78, 5) is 29.3. The molecule has 0 aliphatic heterocycles. The number of aromatic nitrogens is 1. The van der Waals surface area contributed by atoms with Crippen molar-refractivity contribution in [1.29, 1.82) is 5.26 Å². The maximum Gasteiger partial charge on any atom is 0.422 e. The SMILES string of the molecule is Cc1cccc(C(=O)Nc2ccc(OCC(F)(F)F)c(C#N)c2)c1NC(=O)c1ccncc1. The summed E-state index contributed by atoms with van der Waals surface area (Å²) in [7, 11) is 0. The van der Waals surface area contributed by atoms with Gasteiger partial charge in [-0.1, -0.05) is 12.1 Å². The average molecular weight is 454 g/mol. The standard InChI is InChI=1S/C23H17F3N4O3/c1-14-3-2-4-18(20(14)30-21(31)15-7-9-28-10-8-15)22(32)29-17-5-6-19(16(11-17)12-27)33-13-23(24,25)26/h2-11H,13H2,1H3,(H,29,32)(H,30,31). The van der Waals surface area contributed by atoms with Gasteiger partial charge in [0, 0.05) is 23.6 Å². The van der Waals surface area contributed by atoms with Crippen molar-refractivity contribution in [2.45, 2.75) is 13.1 Å². The lowest BCUT2D eigenvalue weighted by Crippen LogP contribution is -2.20. The van der Waals surface area contributed by atoms with Crippen LogP contribution in [-0.4, -0.2) is 29.6 Å². The summed E-state index contributed by atoms with van der Waals surface area (Å²) < 4.78 is 41.8. The lowest BCUT2D eigenvalue weighted by molar-refractivity contribution is -0.153. The van der Waals surface area contributed by atoms with Crippen LogP contribution in [0.25, 0.3) is 0 Å². The quantitative estimate of drug-likeness (QED) is 0.562. The first-order valence-electron chi connectivity index (χ1n) is 9.54. The number of aryl methyl sites for hydroxylation is 1. The second-order valence-corrected chi connectivity index (χ2v) is 6.87. The molecule has 0 aliphatic rings. The van der Waals surface area contributed by atoms with Crippen molar-refractivity contribution in [3.8, 4) is 11.8 Å². The van der Waals surface area contributed by atoms with E-state index in [4.69, 9.17) is 0 Å². The van der Waals surface area contributed by atoms with Gasteiger partial charge in [-0.25, -0.2) is 0 Å². The fourth-order valence-electron chi connectivity index (χ4n) is 2.89. The molecule has 33 heavy (non-hydrogen) atoms. The first kappa shape index (κ1) is 23.3. The maximum atomic E-state index is 12.9. The monoisotopic (exact) mass is 454 g/mol. The molecule has 3 aromatic rings. The van der Waals surface area contributed by atoms with Gasteiger partial charge in [-0.05, 0) is 48.9 Å². The zero-order valence-electron chi connectivity index (χ0n) is 17.2. The number of hydrogen-bond acceptors (Lipinski definition) is 5. The van der Waals surface area contributed by atoms with Gasteiger partial charge >= 0.3 is 6.18 Å². The highest BCUT2D eigenvalue weighted by Crippen LogP contribution is 2.27. The third-order valence-corrected chi connectivity index (χ3v) is 4.45. The number of carbonyl (C=O) groups excluding carboxylic acids is 2. The van der Waals surface area contributed by atoms with Gasteiger partial charge in [0.1, 0.15) is 11.8 Å². The van der Waals surface area contributed by atoms with Crippen LogP contribution in [0.2, 0.25) is 0 Å². The average Bonchev–Trinajstić information content (AvgIpc) is 2.79. The smallest absolute Gasteiger partial charge is 0.422 e. The summed E-state index contributed by atoms with van der Waals surface area (Å²) in [6, 6.07) is 13.4. The maximum absolute atomic E-state index is 12.9. The molecule has 0 fully saturated rings. The number of nitriles is 1. The second kappa shape index (κ2) is 9.82. The molecular weight excluding hydrogens is 437 g/mol. The van der Waals surface area contributed by atoms with E-state index in [0.29, 0.717) is 16.8 Å². The number of amides is 2. The fraction of sp³-hybridized carbons (Fsp3) is 0.130. The third-order valence-electron chi connectivity index (χ3n) is 4.45. The molecule has 0 saturated heterocycles. The molecule has 0 radical (unpaired) electrons. The van der Waals surface area contributed by atoms with E-state index >= 15 is 0 Å². The summed E-state index contributed by atoms with van der Waals surface area (Å²) in [6.07, 6.45) is -1.62.